The Balaban J connectivity index is 2.48. The van der Waals surface area contributed by atoms with E-state index < -0.39 is 51.6 Å². The maximum Gasteiger partial charge on any atom is 0.200 e. The van der Waals surface area contributed by atoms with Crippen molar-refractivity contribution in [3.05, 3.63) is 69.5 Å². The normalized spacial score (nSPS) is 10.8. The third-order valence-electron chi connectivity index (χ3n) is 4.14. The highest BCUT2D eigenvalue weighted by Gasteiger charge is 2.30. The molecule has 0 atom stereocenters. The van der Waals surface area contributed by atoms with E-state index in [0.29, 0.717) is 10.6 Å². The maximum atomic E-state index is 14.4. The van der Waals surface area contributed by atoms with E-state index >= 15 is 0 Å². The van der Waals surface area contributed by atoms with Gasteiger partial charge in [0.05, 0.1) is 11.3 Å². The molecule has 0 unspecified atom stereocenters. The quantitative estimate of drug-likeness (QED) is 0.344. The van der Waals surface area contributed by atoms with Gasteiger partial charge in [-0.1, -0.05) is 23.7 Å². The first-order chi connectivity index (χ1) is 13.2. The largest absolute Gasteiger partial charge is 0.383 e. The molecule has 142 valence electrons. The Morgan fingerprint density at radius 2 is 1.54 bits per heavy atom. The molecule has 0 fully saturated rings. The Hall–Kier alpha value is -3.18. The maximum absolute atomic E-state index is 14.4. The highest BCUT2D eigenvalue weighted by Crippen LogP contribution is 2.40. The molecule has 0 saturated heterocycles. The number of aromatic nitrogens is 1. The predicted octanol–water partition coefficient (Wildman–Crippen LogP) is 5.53. The molecule has 1 aromatic heterocycles. The molecule has 2 aromatic carbocycles. The highest BCUT2D eigenvalue weighted by molar-refractivity contribution is 6.30. The van der Waals surface area contributed by atoms with Gasteiger partial charge in [0, 0.05) is 16.1 Å². The summed E-state index contributed by atoms with van der Waals surface area (Å²) in [4.78, 5) is 4.05. The summed E-state index contributed by atoms with van der Waals surface area (Å²) in [5.41, 5.74) is 3.92. The number of pyridine rings is 1. The van der Waals surface area contributed by atoms with Crippen LogP contribution in [0, 0.1) is 47.3 Å². The third kappa shape index (κ3) is 2.94. The predicted molar refractivity (Wildman–Crippen MR) is 93.8 cm³/mol. The standard InChI is InChI=1S/C19H9ClF5N3/c1-7-11(12-13(21)15(23)17(25)16(24)14(12)22)10(6-26)19(27)28-18(7)8-3-2-4-9(20)5-8/h2-5H,1H3,(H2,27,28). The number of halogens is 6. The lowest BCUT2D eigenvalue weighted by Crippen LogP contribution is -2.09. The molecule has 0 radical (unpaired) electrons. The summed E-state index contributed by atoms with van der Waals surface area (Å²) in [6.45, 7) is 1.33. The zero-order valence-electron chi connectivity index (χ0n) is 14.0. The average Bonchev–Trinajstić information content (AvgIpc) is 2.67. The summed E-state index contributed by atoms with van der Waals surface area (Å²) < 4.78 is 69.7. The van der Waals surface area contributed by atoms with Gasteiger partial charge in [-0.3, -0.25) is 0 Å². The van der Waals surface area contributed by atoms with E-state index in [0.717, 1.165) is 0 Å². The summed E-state index contributed by atoms with van der Waals surface area (Å²) in [7, 11) is 0. The number of benzene rings is 2. The Bertz CT molecular complexity index is 1140. The molecule has 1 heterocycles. The summed E-state index contributed by atoms with van der Waals surface area (Å²) in [5.74, 6) is -11.1. The van der Waals surface area contributed by atoms with Crippen LogP contribution in [0.4, 0.5) is 27.8 Å². The van der Waals surface area contributed by atoms with Crippen LogP contribution in [0.5, 0.6) is 0 Å². The number of anilines is 1. The molecular weight excluding hydrogens is 401 g/mol. The molecule has 0 aliphatic rings. The molecule has 0 bridgehead atoms. The fraction of sp³-hybridized carbons (Fsp3) is 0.0526. The lowest BCUT2D eigenvalue weighted by atomic mass is 9.91. The fourth-order valence-electron chi connectivity index (χ4n) is 2.86. The van der Waals surface area contributed by atoms with Crippen molar-refractivity contribution in [2.45, 2.75) is 6.92 Å². The zero-order chi connectivity index (χ0) is 20.7. The Kier molecular flexibility index (Phi) is 4.96. The third-order valence-corrected chi connectivity index (χ3v) is 4.37. The monoisotopic (exact) mass is 409 g/mol. The molecule has 2 N–H and O–H groups in total. The number of nitrogens with two attached hydrogens (primary N) is 1. The van der Waals surface area contributed by atoms with Crippen molar-refractivity contribution in [3.8, 4) is 28.5 Å². The van der Waals surface area contributed by atoms with Gasteiger partial charge in [0.1, 0.15) is 17.5 Å². The van der Waals surface area contributed by atoms with Crippen LogP contribution in [-0.2, 0) is 0 Å². The van der Waals surface area contributed by atoms with Crippen LogP contribution < -0.4 is 5.73 Å². The van der Waals surface area contributed by atoms with Gasteiger partial charge in [0.2, 0.25) is 5.82 Å². The molecule has 3 aromatic rings. The summed E-state index contributed by atoms with van der Waals surface area (Å²) in [5, 5.41) is 9.69. The number of nitrogens with zero attached hydrogens (tertiary/aromatic N) is 2. The first kappa shape index (κ1) is 19.6. The van der Waals surface area contributed by atoms with Crippen LogP contribution in [0.15, 0.2) is 24.3 Å². The van der Waals surface area contributed by atoms with Crippen molar-refractivity contribution in [2.75, 3.05) is 5.73 Å². The molecule has 28 heavy (non-hydrogen) atoms. The molecule has 0 aliphatic heterocycles. The Labute approximate surface area is 160 Å². The molecule has 0 spiro atoms. The molecule has 3 nitrogen and oxygen atoms in total. The average molecular weight is 410 g/mol. The lowest BCUT2D eigenvalue weighted by molar-refractivity contribution is 0.381. The Morgan fingerprint density at radius 1 is 0.964 bits per heavy atom. The number of nitriles is 1. The first-order valence-electron chi connectivity index (χ1n) is 7.66. The summed E-state index contributed by atoms with van der Waals surface area (Å²) in [6, 6.07) is 7.80. The highest BCUT2D eigenvalue weighted by atomic mass is 35.5. The van der Waals surface area contributed by atoms with E-state index in [4.69, 9.17) is 17.3 Å². The second-order valence-electron chi connectivity index (χ2n) is 5.79. The van der Waals surface area contributed by atoms with E-state index in [1.54, 1.807) is 24.3 Å². The van der Waals surface area contributed by atoms with Crippen molar-refractivity contribution >= 4 is 17.4 Å². The molecule has 0 aliphatic carbocycles. The zero-order valence-corrected chi connectivity index (χ0v) is 14.8. The molecule has 9 heteroatoms. The van der Waals surface area contributed by atoms with Crippen molar-refractivity contribution in [1.29, 1.82) is 5.26 Å². The van der Waals surface area contributed by atoms with Gasteiger partial charge in [-0.15, -0.1) is 0 Å². The Morgan fingerprint density at radius 3 is 2.07 bits per heavy atom. The van der Waals surface area contributed by atoms with Crippen LogP contribution in [0.2, 0.25) is 5.02 Å². The topological polar surface area (TPSA) is 62.7 Å². The minimum absolute atomic E-state index is 0.00350. The minimum Gasteiger partial charge on any atom is -0.383 e. The van der Waals surface area contributed by atoms with Gasteiger partial charge < -0.3 is 5.73 Å². The SMILES string of the molecule is Cc1c(-c2cccc(Cl)c2)nc(N)c(C#N)c1-c1c(F)c(F)c(F)c(F)c1F. The van der Waals surface area contributed by atoms with Crippen molar-refractivity contribution in [1.82, 2.24) is 4.98 Å². The van der Waals surface area contributed by atoms with E-state index in [2.05, 4.69) is 4.98 Å². The van der Waals surface area contributed by atoms with Gasteiger partial charge in [-0.2, -0.15) is 5.26 Å². The van der Waals surface area contributed by atoms with Crippen LogP contribution in [0.1, 0.15) is 11.1 Å². The van der Waals surface area contributed by atoms with Gasteiger partial charge in [-0.25, -0.2) is 26.9 Å². The molecule has 3 rings (SSSR count). The van der Waals surface area contributed by atoms with Crippen molar-refractivity contribution in [2.24, 2.45) is 0 Å². The summed E-state index contributed by atoms with van der Waals surface area (Å²) >= 11 is 5.94. The van der Waals surface area contributed by atoms with Gasteiger partial charge in [0.15, 0.2) is 23.3 Å². The number of hydrogen-bond donors (Lipinski definition) is 1. The number of rotatable bonds is 2. The smallest absolute Gasteiger partial charge is 0.200 e. The van der Waals surface area contributed by atoms with E-state index in [1.807, 2.05) is 0 Å². The van der Waals surface area contributed by atoms with Gasteiger partial charge in [-0.05, 0) is 24.6 Å². The lowest BCUT2D eigenvalue weighted by Gasteiger charge is -2.17. The minimum atomic E-state index is -2.30. The summed E-state index contributed by atoms with van der Waals surface area (Å²) in [6.07, 6.45) is 0. The fourth-order valence-corrected chi connectivity index (χ4v) is 3.05. The first-order valence-corrected chi connectivity index (χ1v) is 8.04. The van der Waals surface area contributed by atoms with Crippen molar-refractivity contribution in [3.63, 3.8) is 0 Å². The molecular formula is C19H9ClF5N3. The number of nitrogen functional groups attached to an aromatic ring is 1. The van der Waals surface area contributed by atoms with Crippen LogP contribution in [0.25, 0.3) is 22.4 Å². The second kappa shape index (κ2) is 7.09. The van der Waals surface area contributed by atoms with E-state index in [9.17, 15) is 27.2 Å². The van der Waals surface area contributed by atoms with E-state index in [1.165, 1.54) is 13.0 Å². The van der Waals surface area contributed by atoms with E-state index in [-0.39, 0.29) is 11.3 Å². The molecule has 0 amide bonds. The number of hydrogen-bond acceptors (Lipinski definition) is 3. The van der Waals surface area contributed by atoms with Gasteiger partial charge >= 0.3 is 0 Å². The van der Waals surface area contributed by atoms with Crippen LogP contribution in [0.3, 0.4) is 0 Å². The van der Waals surface area contributed by atoms with Crippen LogP contribution in [-0.4, -0.2) is 4.98 Å². The van der Waals surface area contributed by atoms with Gasteiger partial charge in [0.25, 0.3) is 0 Å². The van der Waals surface area contributed by atoms with Crippen LogP contribution >= 0.6 is 11.6 Å². The molecule has 0 saturated carbocycles. The van der Waals surface area contributed by atoms with Crippen molar-refractivity contribution < 1.29 is 22.0 Å². The second-order valence-corrected chi connectivity index (χ2v) is 6.22.